The van der Waals surface area contributed by atoms with E-state index in [0.29, 0.717) is 23.5 Å². The first kappa shape index (κ1) is 15.2. The summed E-state index contributed by atoms with van der Waals surface area (Å²) in [7, 11) is 0. The number of carbonyl (C=O) groups excluding carboxylic acids is 1. The van der Waals surface area contributed by atoms with E-state index in [1.165, 1.54) is 0 Å². The molecule has 2 bridgehead atoms. The molecular formula is C15H23Cl2NO. The summed E-state index contributed by atoms with van der Waals surface area (Å²) in [5.74, 6) is 1.83. The second-order valence-electron chi connectivity index (χ2n) is 6.47. The van der Waals surface area contributed by atoms with Gasteiger partial charge in [-0.2, -0.15) is 0 Å². The van der Waals surface area contributed by atoms with Crippen LogP contribution in [-0.2, 0) is 4.79 Å². The van der Waals surface area contributed by atoms with Gasteiger partial charge in [0.1, 0.15) is 0 Å². The molecule has 0 heterocycles. The lowest BCUT2D eigenvalue weighted by atomic mass is 9.70. The third kappa shape index (κ3) is 2.21. The highest BCUT2D eigenvalue weighted by atomic mass is 35.5. The summed E-state index contributed by atoms with van der Waals surface area (Å²) in [4.78, 5) is 14.8. The van der Waals surface area contributed by atoms with Crippen LogP contribution < -0.4 is 0 Å². The van der Waals surface area contributed by atoms with E-state index in [1.807, 2.05) is 6.20 Å². The van der Waals surface area contributed by atoms with Crippen molar-refractivity contribution < 1.29 is 4.79 Å². The zero-order valence-corrected chi connectivity index (χ0v) is 13.5. The lowest BCUT2D eigenvalue weighted by Gasteiger charge is -2.31. The Morgan fingerprint density at radius 2 is 1.84 bits per heavy atom. The van der Waals surface area contributed by atoms with Crippen LogP contribution in [0.4, 0.5) is 0 Å². The van der Waals surface area contributed by atoms with Crippen LogP contribution in [0.15, 0.2) is 11.8 Å². The van der Waals surface area contributed by atoms with Crippen molar-refractivity contribution >= 4 is 29.0 Å². The average Bonchev–Trinajstić information content (AvgIpc) is 2.64. The van der Waals surface area contributed by atoms with Gasteiger partial charge in [0.05, 0.1) is 0 Å². The highest BCUT2D eigenvalue weighted by Gasteiger charge is 2.64. The number of rotatable bonds is 5. The van der Waals surface area contributed by atoms with E-state index in [0.717, 1.165) is 31.5 Å². The highest BCUT2D eigenvalue weighted by molar-refractivity contribution is 6.18. The molecule has 2 rings (SSSR count). The molecule has 0 aromatic carbocycles. The number of halogens is 2. The molecule has 0 aromatic rings. The van der Waals surface area contributed by atoms with Crippen molar-refractivity contribution in [2.45, 2.75) is 33.6 Å². The summed E-state index contributed by atoms with van der Waals surface area (Å²) in [6.45, 7) is 8.08. The van der Waals surface area contributed by atoms with E-state index < -0.39 is 0 Å². The first-order valence-corrected chi connectivity index (χ1v) is 8.08. The summed E-state index contributed by atoms with van der Waals surface area (Å²) in [5.41, 5.74) is 0.884. The van der Waals surface area contributed by atoms with E-state index in [9.17, 15) is 4.79 Å². The van der Waals surface area contributed by atoms with Gasteiger partial charge in [-0.3, -0.25) is 4.79 Å². The number of carbonyl (C=O) groups is 1. The molecule has 2 fully saturated rings. The second-order valence-corrected chi connectivity index (χ2v) is 7.23. The zero-order valence-electron chi connectivity index (χ0n) is 12.0. The Labute approximate surface area is 126 Å². The van der Waals surface area contributed by atoms with Crippen LogP contribution >= 0.6 is 23.2 Å². The molecule has 0 saturated heterocycles. The average molecular weight is 304 g/mol. The van der Waals surface area contributed by atoms with Gasteiger partial charge >= 0.3 is 0 Å². The van der Waals surface area contributed by atoms with Crippen molar-refractivity contribution in [1.29, 1.82) is 0 Å². The van der Waals surface area contributed by atoms with Gasteiger partial charge in [0, 0.05) is 42.0 Å². The summed E-state index contributed by atoms with van der Waals surface area (Å²) < 4.78 is 0. The Morgan fingerprint density at radius 3 is 2.26 bits per heavy atom. The van der Waals surface area contributed by atoms with Gasteiger partial charge in [0.25, 0.3) is 0 Å². The normalized spacial score (nSPS) is 34.3. The van der Waals surface area contributed by atoms with Crippen LogP contribution in [0, 0.1) is 16.7 Å². The SMILES string of the molecule is CC12CCC(/C(=C\N(CCCl)CCCl)C1=O)C2(C)C. The Balaban J connectivity index is 2.29. The molecule has 2 unspecified atom stereocenters. The minimum Gasteiger partial charge on any atom is -0.375 e. The Kier molecular flexibility index (Phi) is 4.23. The number of hydrogen-bond acceptors (Lipinski definition) is 2. The largest absolute Gasteiger partial charge is 0.375 e. The number of allylic oxidation sites excluding steroid dienone is 1. The minimum atomic E-state index is -0.183. The molecule has 2 nitrogen and oxygen atoms in total. The number of fused-ring (bicyclic) bond motifs is 2. The lowest BCUT2D eigenvalue weighted by molar-refractivity contribution is -0.125. The van der Waals surface area contributed by atoms with E-state index in [2.05, 4.69) is 25.7 Å². The van der Waals surface area contributed by atoms with Crippen molar-refractivity contribution in [2.24, 2.45) is 16.7 Å². The Morgan fingerprint density at radius 1 is 1.26 bits per heavy atom. The molecule has 0 radical (unpaired) electrons. The third-order valence-electron chi connectivity index (χ3n) is 5.43. The summed E-state index contributed by atoms with van der Waals surface area (Å²) >= 11 is 11.6. The van der Waals surface area contributed by atoms with Crippen LogP contribution in [0.5, 0.6) is 0 Å². The molecule has 4 heteroatoms. The Bertz CT molecular complexity index is 399. The van der Waals surface area contributed by atoms with Crippen molar-refractivity contribution in [1.82, 2.24) is 4.90 Å². The number of nitrogens with zero attached hydrogens (tertiary/aromatic N) is 1. The van der Waals surface area contributed by atoms with Crippen molar-refractivity contribution in [3.05, 3.63) is 11.8 Å². The first-order valence-electron chi connectivity index (χ1n) is 7.01. The predicted octanol–water partition coefficient (Wildman–Crippen LogP) is 3.68. The fourth-order valence-corrected chi connectivity index (χ4v) is 4.17. The number of alkyl halides is 2. The van der Waals surface area contributed by atoms with Crippen LogP contribution in [0.3, 0.4) is 0 Å². The fourth-order valence-electron chi connectivity index (χ4n) is 3.73. The molecule has 0 aliphatic heterocycles. The lowest BCUT2D eigenvalue weighted by Crippen LogP contribution is -2.32. The molecule has 19 heavy (non-hydrogen) atoms. The van der Waals surface area contributed by atoms with Gasteiger partial charge < -0.3 is 4.90 Å². The molecule has 0 aromatic heterocycles. The molecule has 0 spiro atoms. The second kappa shape index (κ2) is 5.29. The molecule has 2 saturated carbocycles. The fraction of sp³-hybridized carbons (Fsp3) is 0.800. The van der Waals surface area contributed by atoms with Gasteiger partial charge in [-0.15, -0.1) is 23.2 Å². The monoisotopic (exact) mass is 303 g/mol. The number of hydrogen-bond donors (Lipinski definition) is 0. The Hall–Kier alpha value is -0.210. The zero-order chi connectivity index (χ0) is 14.3. The van der Waals surface area contributed by atoms with Crippen molar-refractivity contribution in [2.75, 3.05) is 24.8 Å². The summed E-state index contributed by atoms with van der Waals surface area (Å²) in [5, 5.41) is 0. The molecule has 0 amide bonds. The predicted molar refractivity (Wildman–Crippen MR) is 80.7 cm³/mol. The molecule has 2 aliphatic carbocycles. The van der Waals surface area contributed by atoms with E-state index in [1.54, 1.807) is 0 Å². The summed E-state index contributed by atoms with van der Waals surface area (Å²) in [6, 6.07) is 0. The maximum absolute atomic E-state index is 12.7. The van der Waals surface area contributed by atoms with Crippen LogP contribution in [0.2, 0.25) is 0 Å². The standard InChI is InChI=1S/C15H23Cl2NO/c1-14(2)12-4-5-15(14,3)13(19)11(12)10-18(8-6-16)9-7-17/h10,12H,4-9H2,1-3H3/b11-10+. The van der Waals surface area contributed by atoms with Crippen molar-refractivity contribution in [3.8, 4) is 0 Å². The maximum atomic E-state index is 12.7. The molecule has 2 atom stereocenters. The first-order chi connectivity index (χ1) is 8.88. The number of Topliss-reactive ketones (excluding diaryl/α,β-unsaturated/α-hetero) is 1. The van der Waals surface area contributed by atoms with E-state index in [-0.39, 0.29) is 10.8 Å². The summed E-state index contributed by atoms with van der Waals surface area (Å²) in [6.07, 6.45) is 4.17. The van der Waals surface area contributed by atoms with Crippen molar-refractivity contribution in [3.63, 3.8) is 0 Å². The van der Waals surface area contributed by atoms with Crippen LogP contribution in [0.25, 0.3) is 0 Å². The van der Waals surface area contributed by atoms with Gasteiger partial charge in [-0.25, -0.2) is 0 Å². The van der Waals surface area contributed by atoms with Gasteiger partial charge in [-0.1, -0.05) is 20.8 Å². The van der Waals surface area contributed by atoms with Crippen LogP contribution in [0.1, 0.15) is 33.6 Å². The van der Waals surface area contributed by atoms with Crippen LogP contribution in [-0.4, -0.2) is 35.5 Å². The van der Waals surface area contributed by atoms with E-state index in [4.69, 9.17) is 23.2 Å². The van der Waals surface area contributed by atoms with Gasteiger partial charge in [-0.05, 0) is 24.2 Å². The highest BCUT2D eigenvalue weighted by Crippen LogP contribution is 2.65. The van der Waals surface area contributed by atoms with Gasteiger partial charge in [0.2, 0.25) is 0 Å². The molecule has 0 N–H and O–H groups in total. The van der Waals surface area contributed by atoms with Gasteiger partial charge in [0.15, 0.2) is 5.78 Å². The minimum absolute atomic E-state index is 0.0729. The smallest absolute Gasteiger partial charge is 0.167 e. The molecule has 2 aliphatic rings. The maximum Gasteiger partial charge on any atom is 0.167 e. The quantitative estimate of drug-likeness (QED) is 0.570. The number of ketones is 1. The van der Waals surface area contributed by atoms with E-state index >= 15 is 0 Å². The third-order valence-corrected chi connectivity index (χ3v) is 5.77. The molecular weight excluding hydrogens is 281 g/mol. The topological polar surface area (TPSA) is 20.3 Å². The molecule has 108 valence electrons.